The molecule has 0 amide bonds. The Morgan fingerprint density at radius 3 is 2.65 bits per heavy atom. The van der Waals surface area contributed by atoms with Gasteiger partial charge in [0.05, 0.1) is 18.8 Å². The van der Waals surface area contributed by atoms with Gasteiger partial charge in [0, 0.05) is 17.7 Å². The first-order chi connectivity index (χ1) is 12.8. The van der Waals surface area contributed by atoms with Gasteiger partial charge in [-0.05, 0) is 75.4 Å². The second-order valence-electron chi connectivity index (χ2n) is 7.58. The SMILES string of the molecule is COc1ccc(Cc2nn(C3CCNCC3)c3c2C(CN)CCC3)cc1. The third-order valence-electron chi connectivity index (χ3n) is 5.97. The predicted molar refractivity (Wildman–Crippen MR) is 104 cm³/mol. The summed E-state index contributed by atoms with van der Waals surface area (Å²) in [5.41, 5.74) is 11.6. The Morgan fingerprint density at radius 2 is 1.96 bits per heavy atom. The third-order valence-corrected chi connectivity index (χ3v) is 5.97. The van der Waals surface area contributed by atoms with E-state index in [1.807, 2.05) is 12.1 Å². The molecular weight excluding hydrogens is 324 g/mol. The van der Waals surface area contributed by atoms with Gasteiger partial charge in [0.2, 0.25) is 0 Å². The van der Waals surface area contributed by atoms with Gasteiger partial charge < -0.3 is 15.8 Å². The predicted octanol–water partition coefficient (Wildman–Crippen LogP) is 2.79. The van der Waals surface area contributed by atoms with Crippen LogP contribution in [-0.2, 0) is 12.8 Å². The van der Waals surface area contributed by atoms with Crippen molar-refractivity contribution in [3.63, 3.8) is 0 Å². The van der Waals surface area contributed by atoms with Crippen LogP contribution < -0.4 is 15.8 Å². The zero-order chi connectivity index (χ0) is 17.9. The van der Waals surface area contributed by atoms with Gasteiger partial charge in [-0.25, -0.2) is 0 Å². The smallest absolute Gasteiger partial charge is 0.118 e. The summed E-state index contributed by atoms with van der Waals surface area (Å²) in [6.07, 6.45) is 6.78. The van der Waals surface area contributed by atoms with Crippen LogP contribution in [0.25, 0.3) is 0 Å². The fourth-order valence-electron chi connectivity index (χ4n) is 4.57. The molecule has 5 nitrogen and oxygen atoms in total. The Hall–Kier alpha value is -1.85. The summed E-state index contributed by atoms with van der Waals surface area (Å²) in [4.78, 5) is 0. The van der Waals surface area contributed by atoms with Crippen LogP contribution in [-0.4, -0.2) is 36.5 Å². The van der Waals surface area contributed by atoms with E-state index in [1.54, 1.807) is 7.11 Å². The second-order valence-corrected chi connectivity index (χ2v) is 7.58. The van der Waals surface area contributed by atoms with E-state index in [0.29, 0.717) is 12.0 Å². The molecule has 2 aliphatic rings. The van der Waals surface area contributed by atoms with E-state index in [0.717, 1.165) is 38.2 Å². The summed E-state index contributed by atoms with van der Waals surface area (Å²) in [6.45, 7) is 2.90. The number of fused-ring (bicyclic) bond motifs is 1. The lowest BCUT2D eigenvalue weighted by Crippen LogP contribution is -2.31. The van der Waals surface area contributed by atoms with Crippen LogP contribution in [0.15, 0.2) is 24.3 Å². The van der Waals surface area contributed by atoms with Crippen LogP contribution >= 0.6 is 0 Å². The van der Waals surface area contributed by atoms with E-state index in [4.69, 9.17) is 15.6 Å². The van der Waals surface area contributed by atoms with Crippen molar-refractivity contribution in [2.45, 2.75) is 50.5 Å². The molecular formula is C21H30N4O. The lowest BCUT2D eigenvalue weighted by Gasteiger charge is -2.27. The van der Waals surface area contributed by atoms with Crippen LogP contribution in [0.4, 0.5) is 0 Å². The third kappa shape index (κ3) is 3.38. The van der Waals surface area contributed by atoms with E-state index in [2.05, 4.69) is 22.1 Å². The Bertz CT molecular complexity index is 731. The highest BCUT2D eigenvalue weighted by molar-refractivity contribution is 5.38. The first kappa shape index (κ1) is 17.6. The van der Waals surface area contributed by atoms with Crippen molar-refractivity contribution < 1.29 is 4.74 Å². The molecule has 1 aliphatic carbocycles. The number of methoxy groups -OCH3 is 1. The highest BCUT2D eigenvalue weighted by Gasteiger charge is 2.30. The normalized spacial score (nSPS) is 20.8. The van der Waals surface area contributed by atoms with Crippen molar-refractivity contribution in [2.75, 3.05) is 26.7 Å². The number of ether oxygens (including phenoxy) is 1. The standard InChI is InChI=1S/C21H30N4O/c1-26-18-7-5-15(6-8-18)13-19-21-16(14-22)3-2-4-20(21)25(24-19)17-9-11-23-12-10-17/h5-8,16-17,23H,2-4,9-14,22H2,1H3. The van der Waals surface area contributed by atoms with Crippen LogP contribution in [0, 0.1) is 0 Å². The number of nitrogens with one attached hydrogen (secondary N) is 1. The van der Waals surface area contributed by atoms with Gasteiger partial charge in [-0.2, -0.15) is 5.10 Å². The summed E-state index contributed by atoms with van der Waals surface area (Å²) < 4.78 is 7.66. The summed E-state index contributed by atoms with van der Waals surface area (Å²) in [5.74, 6) is 1.36. The van der Waals surface area contributed by atoms with Crippen molar-refractivity contribution in [1.82, 2.24) is 15.1 Å². The summed E-state index contributed by atoms with van der Waals surface area (Å²) >= 11 is 0. The van der Waals surface area contributed by atoms with Gasteiger partial charge in [0.1, 0.15) is 5.75 Å². The molecule has 1 saturated heterocycles. The highest BCUT2D eigenvalue weighted by atomic mass is 16.5. The second kappa shape index (κ2) is 7.80. The molecule has 0 bridgehead atoms. The molecule has 1 atom stereocenters. The van der Waals surface area contributed by atoms with E-state index >= 15 is 0 Å². The highest BCUT2D eigenvalue weighted by Crippen LogP contribution is 2.37. The minimum absolute atomic E-state index is 0.461. The number of hydrogen-bond acceptors (Lipinski definition) is 4. The molecule has 0 saturated carbocycles. The molecule has 140 valence electrons. The largest absolute Gasteiger partial charge is 0.497 e. The maximum absolute atomic E-state index is 6.14. The molecule has 0 radical (unpaired) electrons. The quantitative estimate of drug-likeness (QED) is 0.867. The van der Waals surface area contributed by atoms with Crippen LogP contribution in [0.1, 0.15) is 60.2 Å². The Labute approximate surface area is 155 Å². The number of aromatic nitrogens is 2. The molecule has 2 aromatic rings. The van der Waals surface area contributed by atoms with E-state index < -0.39 is 0 Å². The van der Waals surface area contributed by atoms with Crippen molar-refractivity contribution in [1.29, 1.82) is 0 Å². The fraction of sp³-hybridized carbons (Fsp3) is 0.571. The molecule has 1 unspecified atom stereocenters. The maximum atomic E-state index is 6.14. The Kier molecular flexibility index (Phi) is 5.27. The van der Waals surface area contributed by atoms with Crippen LogP contribution in [0.3, 0.4) is 0 Å². The van der Waals surface area contributed by atoms with Crippen molar-refractivity contribution in [3.8, 4) is 5.75 Å². The van der Waals surface area contributed by atoms with Crippen LogP contribution in [0.2, 0.25) is 0 Å². The van der Waals surface area contributed by atoms with E-state index in [1.165, 1.54) is 48.2 Å². The number of rotatable bonds is 5. The van der Waals surface area contributed by atoms with Gasteiger partial charge in [0.25, 0.3) is 0 Å². The lowest BCUT2D eigenvalue weighted by molar-refractivity contribution is 0.330. The van der Waals surface area contributed by atoms with Crippen molar-refractivity contribution in [3.05, 3.63) is 46.8 Å². The molecule has 1 aliphatic heterocycles. The maximum Gasteiger partial charge on any atom is 0.118 e. The van der Waals surface area contributed by atoms with E-state index in [-0.39, 0.29) is 0 Å². The topological polar surface area (TPSA) is 65.1 Å². The molecule has 1 fully saturated rings. The number of benzene rings is 1. The molecule has 0 spiro atoms. The minimum atomic E-state index is 0.461. The summed E-state index contributed by atoms with van der Waals surface area (Å²) in [5, 5.41) is 8.62. The molecule has 2 heterocycles. The lowest BCUT2D eigenvalue weighted by atomic mass is 9.84. The Balaban J connectivity index is 1.69. The van der Waals surface area contributed by atoms with Gasteiger partial charge in [0.15, 0.2) is 0 Å². The van der Waals surface area contributed by atoms with Gasteiger partial charge in [-0.15, -0.1) is 0 Å². The molecule has 1 aromatic carbocycles. The molecule has 1 aromatic heterocycles. The van der Waals surface area contributed by atoms with Crippen LogP contribution in [0.5, 0.6) is 5.75 Å². The molecule has 5 heteroatoms. The summed E-state index contributed by atoms with van der Waals surface area (Å²) in [6, 6.07) is 8.90. The Morgan fingerprint density at radius 1 is 1.19 bits per heavy atom. The zero-order valence-electron chi connectivity index (χ0n) is 15.7. The number of hydrogen-bond donors (Lipinski definition) is 2. The fourth-order valence-corrected chi connectivity index (χ4v) is 4.57. The minimum Gasteiger partial charge on any atom is -0.497 e. The van der Waals surface area contributed by atoms with Gasteiger partial charge in [-0.3, -0.25) is 4.68 Å². The van der Waals surface area contributed by atoms with Gasteiger partial charge >= 0.3 is 0 Å². The summed E-state index contributed by atoms with van der Waals surface area (Å²) in [7, 11) is 1.71. The average Bonchev–Trinajstić information content (AvgIpc) is 3.08. The molecule has 4 rings (SSSR count). The molecule has 26 heavy (non-hydrogen) atoms. The van der Waals surface area contributed by atoms with Crippen molar-refractivity contribution >= 4 is 0 Å². The van der Waals surface area contributed by atoms with Gasteiger partial charge in [-0.1, -0.05) is 12.1 Å². The number of nitrogens with two attached hydrogens (primary N) is 1. The van der Waals surface area contributed by atoms with E-state index in [9.17, 15) is 0 Å². The number of nitrogens with zero attached hydrogens (tertiary/aromatic N) is 2. The molecule has 3 N–H and O–H groups in total. The van der Waals surface area contributed by atoms with Crippen molar-refractivity contribution in [2.24, 2.45) is 5.73 Å². The first-order valence-corrected chi connectivity index (χ1v) is 9.94. The number of piperidine rings is 1. The average molecular weight is 354 g/mol. The first-order valence-electron chi connectivity index (χ1n) is 9.94. The zero-order valence-corrected chi connectivity index (χ0v) is 15.7. The monoisotopic (exact) mass is 354 g/mol.